The second kappa shape index (κ2) is 4.00. The predicted molar refractivity (Wildman–Crippen MR) is 32.2 cm³/mol. The molecule has 3 nitrogen and oxygen atoms in total. The van der Waals surface area contributed by atoms with Crippen molar-refractivity contribution < 1.29 is 29.6 Å². The molecule has 1 rings (SSSR count). The van der Waals surface area contributed by atoms with E-state index in [-0.39, 0.29) is 35.1 Å². The Balaban J connectivity index is 0.000000640. The summed E-state index contributed by atoms with van der Waals surface area (Å²) in [5.74, 6) is 0. The molecule has 5 heteroatoms. The van der Waals surface area contributed by atoms with Gasteiger partial charge in [0.2, 0.25) is 0 Å². The molecule has 0 fully saturated rings. The van der Waals surface area contributed by atoms with E-state index in [0.717, 1.165) is 0 Å². The molecule has 0 aliphatic carbocycles. The fraction of sp³-hybridized carbons (Fsp3) is 0. The van der Waals surface area contributed by atoms with E-state index in [0.29, 0.717) is 4.77 Å². The van der Waals surface area contributed by atoms with Crippen LogP contribution in [0.4, 0.5) is 0 Å². The maximum Gasteiger partial charge on any atom is 1.00 e. The normalized spacial score (nSPS) is 8.00. The van der Waals surface area contributed by atoms with Crippen molar-refractivity contribution in [2.45, 2.75) is 0 Å². The Morgan fingerprint density at radius 2 is 2.22 bits per heavy atom. The monoisotopic (exact) mass is 151 g/mol. The first-order valence-electron chi connectivity index (χ1n) is 2.07. The van der Waals surface area contributed by atoms with Crippen molar-refractivity contribution in [1.82, 2.24) is 9.97 Å². The van der Waals surface area contributed by atoms with E-state index < -0.39 is 0 Å². The number of hydrogen-bond donors (Lipinski definition) is 2. The average Bonchev–Trinajstić information content (AvgIpc) is 1.64. The van der Waals surface area contributed by atoms with Crippen molar-refractivity contribution in [1.29, 1.82) is 0 Å². The zero-order chi connectivity index (χ0) is 5.98. The summed E-state index contributed by atoms with van der Waals surface area (Å²) in [4.78, 5) is 15.4. The molecule has 0 saturated carbocycles. The van der Waals surface area contributed by atoms with E-state index >= 15 is 0 Å². The fourth-order valence-electron chi connectivity index (χ4n) is 0.383. The quantitative estimate of drug-likeness (QED) is 0.316. The Hall–Kier alpha value is 0.1000. The van der Waals surface area contributed by atoms with E-state index in [2.05, 4.69) is 22.2 Å². The topological polar surface area (TPSA) is 48.6 Å². The molecule has 0 aliphatic heterocycles. The molecule has 1 aromatic rings. The molecule has 42 valence electrons. The van der Waals surface area contributed by atoms with Crippen LogP contribution in [-0.4, -0.2) is 9.97 Å². The van der Waals surface area contributed by atoms with Gasteiger partial charge in [0.05, 0.1) is 0 Å². The van der Waals surface area contributed by atoms with Gasteiger partial charge in [0.1, 0.15) is 0 Å². The number of aromatic amines is 2. The molecule has 0 saturated heterocycles. The molecule has 9 heavy (non-hydrogen) atoms. The number of rotatable bonds is 0. The zero-order valence-electron chi connectivity index (χ0n) is 4.97. The van der Waals surface area contributed by atoms with Crippen LogP contribution in [0, 0.1) is 4.77 Å². The van der Waals surface area contributed by atoms with Crippen LogP contribution in [-0.2, 0) is 0 Å². The summed E-state index contributed by atoms with van der Waals surface area (Å²) in [5.41, 5.74) is -0.172. The summed E-state index contributed by atoms with van der Waals surface area (Å²) in [7, 11) is 0. The van der Waals surface area contributed by atoms with Crippen molar-refractivity contribution in [3.8, 4) is 0 Å². The van der Waals surface area contributed by atoms with Gasteiger partial charge < -0.3 is 4.98 Å². The van der Waals surface area contributed by atoms with Crippen LogP contribution in [0.5, 0.6) is 0 Å². The Bertz CT molecular complexity index is 253. The van der Waals surface area contributed by atoms with Crippen molar-refractivity contribution in [2.24, 2.45) is 0 Å². The standard InChI is InChI=1S/C4H4N2OS.Na/c7-3-1-2-5-4(8)6-3;/h1-2H,(H2,5,6,7,8);/q;+1. The zero-order valence-corrected chi connectivity index (χ0v) is 7.79. The molecule has 1 heterocycles. The molecular formula is C4H4N2NaOS+. The van der Waals surface area contributed by atoms with Crippen LogP contribution in [0.25, 0.3) is 0 Å². The van der Waals surface area contributed by atoms with Crippen molar-refractivity contribution in [2.75, 3.05) is 0 Å². The largest absolute Gasteiger partial charge is 1.00 e. The minimum atomic E-state index is -0.172. The smallest absolute Gasteiger partial charge is 0.339 e. The van der Waals surface area contributed by atoms with E-state index in [4.69, 9.17) is 0 Å². The predicted octanol–water partition coefficient (Wildman–Crippen LogP) is -2.56. The van der Waals surface area contributed by atoms with Gasteiger partial charge >= 0.3 is 29.6 Å². The van der Waals surface area contributed by atoms with Gasteiger partial charge in [0, 0.05) is 12.3 Å². The summed E-state index contributed by atoms with van der Waals surface area (Å²) < 4.78 is 0.359. The molecule has 0 amide bonds. The maximum atomic E-state index is 10.3. The third kappa shape index (κ3) is 2.95. The third-order valence-corrected chi connectivity index (χ3v) is 0.906. The molecule has 1 aromatic heterocycles. The second-order valence-corrected chi connectivity index (χ2v) is 1.70. The van der Waals surface area contributed by atoms with Gasteiger partial charge in [0.15, 0.2) is 4.77 Å². The molecule has 2 N–H and O–H groups in total. The van der Waals surface area contributed by atoms with Gasteiger partial charge in [-0.3, -0.25) is 9.78 Å². The summed E-state index contributed by atoms with van der Waals surface area (Å²) in [6.45, 7) is 0. The SMILES string of the molecule is O=c1cc[nH]c(=S)[nH]1.[Na+]. The van der Waals surface area contributed by atoms with Crippen molar-refractivity contribution in [3.05, 3.63) is 27.4 Å². The summed E-state index contributed by atoms with van der Waals surface area (Å²) in [5, 5.41) is 0. The molecule has 0 spiro atoms. The molecule has 0 atom stereocenters. The van der Waals surface area contributed by atoms with E-state index in [1.165, 1.54) is 12.3 Å². The minimum absolute atomic E-state index is 0. The summed E-state index contributed by atoms with van der Waals surface area (Å²) in [6.07, 6.45) is 1.50. The number of aromatic nitrogens is 2. The maximum absolute atomic E-state index is 10.3. The first kappa shape index (κ1) is 9.10. The Labute approximate surface area is 78.8 Å². The van der Waals surface area contributed by atoms with Gasteiger partial charge in [-0.05, 0) is 12.2 Å². The van der Waals surface area contributed by atoms with E-state index in [1.54, 1.807) is 0 Å². The van der Waals surface area contributed by atoms with Crippen LogP contribution in [0.2, 0.25) is 0 Å². The summed E-state index contributed by atoms with van der Waals surface area (Å²) >= 11 is 4.59. The molecule has 0 radical (unpaired) electrons. The Morgan fingerprint density at radius 3 is 2.56 bits per heavy atom. The molecule has 0 aliphatic rings. The van der Waals surface area contributed by atoms with E-state index in [9.17, 15) is 4.79 Å². The van der Waals surface area contributed by atoms with Crippen LogP contribution in [0.15, 0.2) is 17.1 Å². The fourth-order valence-corrected chi connectivity index (χ4v) is 0.551. The van der Waals surface area contributed by atoms with Gasteiger partial charge in [-0.2, -0.15) is 0 Å². The first-order chi connectivity index (χ1) is 3.79. The average molecular weight is 151 g/mol. The summed E-state index contributed by atoms with van der Waals surface area (Å²) in [6, 6.07) is 1.37. The molecular weight excluding hydrogens is 147 g/mol. The van der Waals surface area contributed by atoms with Crippen LogP contribution < -0.4 is 35.1 Å². The van der Waals surface area contributed by atoms with Gasteiger partial charge in [-0.15, -0.1) is 0 Å². The van der Waals surface area contributed by atoms with Gasteiger partial charge in [0.25, 0.3) is 5.56 Å². The molecule has 0 bridgehead atoms. The van der Waals surface area contributed by atoms with Gasteiger partial charge in [-0.25, -0.2) is 0 Å². The number of nitrogens with one attached hydrogen (secondary N) is 2. The number of H-pyrrole nitrogens is 2. The van der Waals surface area contributed by atoms with Crippen molar-refractivity contribution >= 4 is 12.2 Å². The molecule has 0 aromatic carbocycles. The molecule has 0 unspecified atom stereocenters. The van der Waals surface area contributed by atoms with Gasteiger partial charge in [-0.1, -0.05) is 0 Å². The van der Waals surface area contributed by atoms with Crippen LogP contribution in [0.1, 0.15) is 0 Å². The third-order valence-electron chi connectivity index (χ3n) is 0.686. The van der Waals surface area contributed by atoms with Crippen LogP contribution in [0.3, 0.4) is 0 Å². The second-order valence-electron chi connectivity index (χ2n) is 1.30. The Morgan fingerprint density at radius 1 is 1.56 bits per heavy atom. The van der Waals surface area contributed by atoms with Crippen LogP contribution >= 0.6 is 12.2 Å². The Kier molecular flexibility index (Phi) is 4.05. The first-order valence-corrected chi connectivity index (χ1v) is 2.48. The van der Waals surface area contributed by atoms with Crippen molar-refractivity contribution in [3.63, 3.8) is 0 Å². The van der Waals surface area contributed by atoms with E-state index in [1.807, 2.05) is 0 Å². The minimum Gasteiger partial charge on any atom is -0.339 e. The number of hydrogen-bond acceptors (Lipinski definition) is 2.